The topological polar surface area (TPSA) is 175 Å². The molecule has 10 nitrogen and oxygen atoms in total. The van der Waals surface area contributed by atoms with E-state index in [0.29, 0.717) is 12.0 Å². The third kappa shape index (κ3) is 6.87. The summed E-state index contributed by atoms with van der Waals surface area (Å²) in [4.78, 5) is 33.3. The van der Waals surface area contributed by atoms with Crippen LogP contribution in [0.4, 0.5) is 10.5 Å². The number of amidine groups is 1. The molecule has 0 atom stereocenters. The van der Waals surface area contributed by atoms with Crippen molar-refractivity contribution in [2.75, 3.05) is 18.0 Å². The maximum Gasteiger partial charge on any atom is 0.328 e. The molecule has 1 heterocycles. The van der Waals surface area contributed by atoms with E-state index in [9.17, 15) is 14.4 Å². The molecule has 0 aliphatic carbocycles. The average Bonchev–Trinajstić information content (AvgIpc) is 3.01. The molecule has 25 heavy (non-hydrogen) atoms. The van der Waals surface area contributed by atoms with Crippen molar-refractivity contribution in [3.8, 4) is 0 Å². The number of carboxylic acid groups (broad SMARTS) is 1. The van der Waals surface area contributed by atoms with Crippen LogP contribution in [0.25, 0.3) is 0 Å². The van der Waals surface area contributed by atoms with E-state index < -0.39 is 12.0 Å². The monoisotopic (exact) mass is 350 g/mol. The van der Waals surface area contributed by atoms with Crippen LogP contribution in [0.15, 0.2) is 24.3 Å². The Hall–Kier alpha value is -3.14. The summed E-state index contributed by atoms with van der Waals surface area (Å²) in [5.41, 5.74) is 8.72. The molecule has 0 spiro atoms. The minimum absolute atomic E-state index is 0.0503. The van der Waals surface area contributed by atoms with Crippen molar-refractivity contribution in [3.63, 3.8) is 0 Å². The molecule has 1 fully saturated rings. The number of hydrogen-bond acceptors (Lipinski definition) is 5. The SMILES string of the molecule is N=C(N)c1ccc(N2CCCC2=O)cc1.NNC(=O)NCCC(=O)O. The average molecular weight is 350 g/mol. The van der Waals surface area contributed by atoms with Crippen LogP contribution in [0.5, 0.6) is 0 Å². The highest BCUT2D eigenvalue weighted by atomic mass is 16.4. The maximum atomic E-state index is 11.5. The van der Waals surface area contributed by atoms with Crippen molar-refractivity contribution in [1.82, 2.24) is 10.7 Å². The van der Waals surface area contributed by atoms with Gasteiger partial charge < -0.3 is 21.1 Å². The number of carbonyl (C=O) groups excluding carboxylic acids is 2. The second-order valence-corrected chi connectivity index (χ2v) is 5.15. The van der Waals surface area contributed by atoms with Crippen LogP contribution in [0.3, 0.4) is 0 Å². The lowest BCUT2D eigenvalue weighted by molar-refractivity contribution is -0.136. The Balaban J connectivity index is 0.000000275. The third-order valence-corrected chi connectivity index (χ3v) is 3.32. The van der Waals surface area contributed by atoms with E-state index >= 15 is 0 Å². The molecule has 2 rings (SSSR count). The molecule has 0 saturated carbocycles. The quantitative estimate of drug-likeness (QED) is 0.140. The number of carbonyl (C=O) groups is 3. The second-order valence-electron chi connectivity index (χ2n) is 5.15. The van der Waals surface area contributed by atoms with Gasteiger partial charge in [0.05, 0.1) is 6.42 Å². The zero-order valence-corrected chi connectivity index (χ0v) is 13.6. The van der Waals surface area contributed by atoms with Gasteiger partial charge in [0.2, 0.25) is 5.91 Å². The number of nitrogens with zero attached hydrogens (tertiary/aromatic N) is 1. The van der Waals surface area contributed by atoms with Crippen LogP contribution in [0, 0.1) is 5.41 Å². The molecular weight excluding hydrogens is 328 g/mol. The lowest BCUT2D eigenvalue weighted by Gasteiger charge is -2.15. The molecule has 3 amide bonds. The number of amides is 3. The number of nitrogen functional groups attached to an aromatic ring is 1. The fourth-order valence-electron chi connectivity index (χ4n) is 2.08. The minimum atomic E-state index is -0.961. The van der Waals surface area contributed by atoms with Crippen LogP contribution < -0.4 is 27.2 Å². The summed E-state index contributed by atoms with van der Waals surface area (Å²) >= 11 is 0. The van der Waals surface area contributed by atoms with E-state index in [-0.39, 0.29) is 24.7 Å². The molecule has 0 unspecified atom stereocenters. The van der Waals surface area contributed by atoms with Gasteiger partial charge in [0.25, 0.3) is 0 Å². The first-order valence-corrected chi connectivity index (χ1v) is 7.56. The van der Waals surface area contributed by atoms with Crippen molar-refractivity contribution in [2.45, 2.75) is 19.3 Å². The summed E-state index contributed by atoms with van der Waals surface area (Å²) in [6, 6.07) is 6.62. The first-order chi connectivity index (χ1) is 11.8. The molecule has 0 radical (unpaired) electrons. The van der Waals surface area contributed by atoms with Gasteiger partial charge in [-0.15, -0.1) is 0 Å². The lowest BCUT2D eigenvalue weighted by Crippen LogP contribution is -2.40. The van der Waals surface area contributed by atoms with Gasteiger partial charge in [0.1, 0.15) is 5.84 Å². The third-order valence-electron chi connectivity index (χ3n) is 3.32. The van der Waals surface area contributed by atoms with Gasteiger partial charge in [0, 0.05) is 30.8 Å². The molecule has 10 heteroatoms. The number of rotatable bonds is 5. The van der Waals surface area contributed by atoms with Gasteiger partial charge in [-0.25, -0.2) is 10.6 Å². The Kier molecular flexibility index (Phi) is 7.87. The molecule has 1 saturated heterocycles. The zero-order chi connectivity index (χ0) is 18.8. The lowest BCUT2D eigenvalue weighted by atomic mass is 10.2. The smallest absolute Gasteiger partial charge is 0.328 e. The Bertz CT molecular complexity index is 631. The number of urea groups is 1. The highest BCUT2D eigenvalue weighted by Crippen LogP contribution is 2.21. The van der Waals surface area contributed by atoms with Crippen molar-refractivity contribution in [2.24, 2.45) is 11.6 Å². The van der Waals surface area contributed by atoms with Crippen LogP contribution in [0.1, 0.15) is 24.8 Å². The Labute approximate surface area is 144 Å². The van der Waals surface area contributed by atoms with Crippen molar-refractivity contribution >= 4 is 29.4 Å². The van der Waals surface area contributed by atoms with Crippen molar-refractivity contribution < 1.29 is 19.5 Å². The number of aliphatic carboxylic acids is 1. The summed E-state index contributed by atoms with van der Waals surface area (Å²) in [6.07, 6.45) is 1.45. The van der Waals surface area contributed by atoms with Gasteiger partial charge >= 0.3 is 12.0 Å². The van der Waals surface area contributed by atoms with Gasteiger partial charge in [-0.3, -0.25) is 20.4 Å². The summed E-state index contributed by atoms with van der Waals surface area (Å²) in [5.74, 6) is 3.94. The van der Waals surface area contributed by atoms with E-state index in [0.717, 1.165) is 18.7 Å². The number of nitrogens with one attached hydrogen (secondary N) is 3. The van der Waals surface area contributed by atoms with Crippen molar-refractivity contribution in [1.29, 1.82) is 5.41 Å². The van der Waals surface area contributed by atoms with E-state index in [1.54, 1.807) is 22.5 Å². The molecule has 1 aromatic carbocycles. The summed E-state index contributed by atoms with van der Waals surface area (Å²) in [5, 5.41) is 17.6. The van der Waals surface area contributed by atoms with E-state index in [2.05, 4.69) is 11.2 Å². The summed E-state index contributed by atoms with van der Waals surface area (Å²) < 4.78 is 0. The highest BCUT2D eigenvalue weighted by Gasteiger charge is 2.21. The number of anilines is 1. The molecule has 0 bridgehead atoms. The normalized spacial score (nSPS) is 12.8. The van der Waals surface area contributed by atoms with E-state index in [1.165, 1.54) is 0 Å². The van der Waals surface area contributed by atoms with Gasteiger partial charge in [-0.1, -0.05) is 0 Å². The fraction of sp³-hybridized carbons (Fsp3) is 0.333. The molecule has 0 aromatic heterocycles. The van der Waals surface area contributed by atoms with Crippen molar-refractivity contribution in [3.05, 3.63) is 29.8 Å². The Morgan fingerprint density at radius 1 is 1.28 bits per heavy atom. The summed E-state index contributed by atoms with van der Waals surface area (Å²) in [7, 11) is 0. The molecule has 1 aromatic rings. The highest BCUT2D eigenvalue weighted by molar-refractivity contribution is 5.97. The minimum Gasteiger partial charge on any atom is -0.481 e. The molecule has 1 aliphatic heterocycles. The van der Waals surface area contributed by atoms with Crippen LogP contribution in [-0.4, -0.2) is 41.9 Å². The van der Waals surface area contributed by atoms with Crippen LogP contribution in [-0.2, 0) is 9.59 Å². The van der Waals surface area contributed by atoms with Gasteiger partial charge in [0.15, 0.2) is 0 Å². The predicted molar refractivity (Wildman–Crippen MR) is 92.0 cm³/mol. The first-order valence-electron chi connectivity index (χ1n) is 7.56. The van der Waals surface area contributed by atoms with Crippen LogP contribution in [0.2, 0.25) is 0 Å². The largest absolute Gasteiger partial charge is 0.481 e. The molecule has 1 aliphatic rings. The zero-order valence-electron chi connectivity index (χ0n) is 13.6. The van der Waals surface area contributed by atoms with Crippen LogP contribution >= 0.6 is 0 Å². The maximum absolute atomic E-state index is 11.5. The number of carboxylic acids is 1. The predicted octanol–water partition coefficient (Wildman–Crippen LogP) is -0.269. The molecule has 8 N–H and O–H groups in total. The van der Waals surface area contributed by atoms with Gasteiger partial charge in [-0.2, -0.15) is 0 Å². The molecular formula is C15H22N6O4. The van der Waals surface area contributed by atoms with Gasteiger partial charge in [-0.05, 0) is 30.7 Å². The van der Waals surface area contributed by atoms with E-state index in [4.69, 9.17) is 16.2 Å². The number of hydrogen-bond donors (Lipinski definition) is 6. The number of nitrogens with two attached hydrogens (primary N) is 2. The second kappa shape index (κ2) is 9.88. The first kappa shape index (κ1) is 19.9. The van der Waals surface area contributed by atoms with E-state index in [1.807, 2.05) is 12.1 Å². The summed E-state index contributed by atoms with van der Waals surface area (Å²) in [6.45, 7) is 0.872. The number of benzene rings is 1. The Morgan fingerprint density at radius 3 is 2.36 bits per heavy atom. The fourth-order valence-corrected chi connectivity index (χ4v) is 2.08. The Morgan fingerprint density at radius 2 is 1.92 bits per heavy atom. The molecule has 136 valence electrons. The standard InChI is InChI=1S/C11H13N3O.C4H9N3O3/c12-11(13)8-3-5-9(6-4-8)14-7-1-2-10(14)15;5-7-4(10)6-2-1-3(8)9/h3-6H,1-2,7H2,(H3,12,13);1-2,5H2,(H,8,9)(H2,6,7,10). The number of hydrazine groups is 1.